The van der Waals surface area contributed by atoms with Crippen LogP contribution in [0.4, 0.5) is 11.4 Å². The van der Waals surface area contributed by atoms with Gasteiger partial charge in [-0.2, -0.15) is 0 Å². The number of benzene rings is 2. The molecule has 2 aliphatic carbocycles. The van der Waals surface area contributed by atoms with E-state index in [1.54, 1.807) is 0 Å². The Bertz CT molecular complexity index is 867. The Morgan fingerprint density at radius 3 is 2.21 bits per heavy atom. The normalized spacial score (nSPS) is 19.1. The molecule has 2 aromatic rings. The van der Waals surface area contributed by atoms with Gasteiger partial charge in [-0.3, -0.25) is 4.99 Å². The summed E-state index contributed by atoms with van der Waals surface area (Å²) in [5, 5.41) is 3.46. The molecule has 4 rings (SSSR count). The van der Waals surface area contributed by atoms with Crippen molar-refractivity contribution in [1.82, 2.24) is 0 Å². The van der Waals surface area contributed by atoms with Gasteiger partial charge in [-0.15, -0.1) is 0 Å². The smallest absolute Gasteiger partial charge is 0.0670 e. The van der Waals surface area contributed by atoms with E-state index in [2.05, 4.69) is 67.7 Å². The number of hydrogen-bond acceptors (Lipinski definition) is 2. The molecule has 29 heavy (non-hydrogen) atoms. The molecule has 0 spiro atoms. The van der Waals surface area contributed by atoms with Crippen LogP contribution in [0.25, 0.3) is 0 Å². The second-order valence-electron chi connectivity index (χ2n) is 8.85. The summed E-state index contributed by atoms with van der Waals surface area (Å²) < 4.78 is 0. The molecule has 0 saturated heterocycles. The van der Waals surface area contributed by atoms with E-state index in [1.165, 1.54) is 68.2 Å². The molecule has 2 heteroatoms. The maximum absolute atomic E-state index is 5.12. The first-order valence-corrected chi connectivity index (χ1v) is 11.4. The lowest BCUT2D eigenvalue weighted by Crippen LogP contribution is -2.00. The first kappa shape index (κ1) is 19.9. The summed E-state index contributed by atoms with van der Waals surface area (Å²) in [6.45, 7) is 4.23. The molecule has 0 aromatic heterocycles. The fourth-order valence-corrected chi connectivity index (χ4v) is 5.07. The zero-order valence-electron chi connectivity index (χ0n) is 18.0. The standard InChI is InChI=1S/C27H34N2/c1-20(28-25-14-4-3-5-15-25)18-21(2)29-27-19-24(22-10-6-7-11-22)16-17-26(27)23-12-8-9-13-23/h3-5,14-19,22-23,28H,6-13H2,1-2H3/b20-18-,29-21+. The van der Waals surface area contributed by atoms with Gasteiger partial charge in [0.25, 0.3) is 0 Å². The molecule has 2 nitrogen and oxygen atoms in total. The Morgan fingerprint density at radius 1 is 0.862 bits per heavy atom. The fraction of sp³-hybridized carbons (Fsp3) is 0.444. The number of aliphatic imine (C=N–C) groups is 1. The van der Waals surface area contributed by atoms with Crippen LogP contribution in [0.3, 0.4) is 0 Å². The van der Waals surface area contributed by atoms with Crippen LogP contribution < -0.4 is 5.32 Å². The molecule has 0 bridgehead atoms. The highest BCUT2D eigenvalue weighted by molar-refractivity contribution is 5.95. The predicted octanol–water partition coefficient (Wildman–Crippen LogP) is 8.11. The van der Waals surface area contributed by atoms with E-state index < -0.39 is 0 Å². The molecule has 0 aliphatic heterocycles. The summed E-state index contributed by atoms with van der Waals surface area (Å²) in [7, 11) is 0. The predicted molar refractivity (Wildman–Crippen MR) is 125 cm³/mol. The molecule has 0 atom stereocenters. The van der Waals surface area contributed by atoms with Crippen LogP contribution in [0.1, 0.15) is 88.2 Å². The van der Waals surface area contributed by atoms with E-state index in [-0.39, 0.29) is 0 Å². The molecule has 2 saturated carbocycles. The Morgan fingerprint density at radius 2 is 1.52 bits per heavy atom. The zero-order chi connectivity index (χ0) is 20.1. The number of para-hydroxylation sites is 1. The van der Waals surface area contributed by atoms with Crippen molar-refractivity contribution >= 4 is 17.1 Å². The molecule has 2 aromatic carbocycles. The maximum Gasteiger partial charge on any atom is 0.0670 e. The van der Waals surface area contributed by atoms with E-state index in [0.717, 1.165) is 23.0 Å². The third kappa shape index (κ3) is 5.18. The zero-order valence-corrected chi connectivity index (χ0v) is 18.0. The Kier molecular flexibility index (Phi) is 6.49. The van der Waals surface area contributed by atoms with Gasteiger partial charge in [0.2, 0.25) is 0 Å². The van der Waals surface area contributed by atoms with E-state index in [0.29, 0.717) is 5.92 Å². The van der Waals surface area contributed by atoms with Gasteiger partial charge in [0, 0.05) is 17.1 Å². The first-order chi connectivity index (χ1) is 14.2. The number of anilines is 1. The van der Waals surface area contributed by atoms with Crippen molar-refractivity contribution in [2.45, 2.75) is 77.0 Å². The Labute approximate surface area is 176 Å². The van der Waals surface area contributed by atoms with Gasteiger partial charge in [-0.25, -0.2) is 0 Å². The molecular formula is C27H34N2. The van der Waals surface area contributed by atoms with Gasteiger partial charge < -0.3 is 5.32 Å². The quantitative estimate of drug-likeness (QED) is 0.498. The Hall–Kier alpha value is -2.35. The highest BCUT2D eigenvalue weighted by atomic mass is 14.9. The number of nitrogens with one attached hydrogen (secondary N) is 1. The molecule has 0 heterocycles. The van der Waals surface area contributed by atoms with Crippen LogP contribution in [-0.4, -0.2) is 5.71 Å². The summed E-state index contributed by atoms with van der Waals surface area (Å²) in [5.74, 6) is 1.42. The third-order valence-electron chi connectivity index (χ3n) is 6.51. The second kappa shape index (κ2) is 9.43. The minimum atomic E-state index is 0.687. The highest BCUT2D eigenvalue weighted by Crippen LogP contribution is 2.42. The van der Waals surface area contributed by atoms with E-state index in [4.69, 9.17) is 4.99 Å². The van der Waals surface area contributed by atoms with Crippen LogP contribution in [0, 0.1) is 0 Å². The lowest BCUT2D eigenvalue weighted by atomic mass is 9.90. The van der Waals surface area contributed by atoms with Crippen molar-refractivity contribution in [1.29, 1.82) is 0 Å². The van der Waals surface area contributed by atoms with Crippen molar-refractivity contribution in [3.8, 4) is 0 Å². The molecule has 2 fully saturated rings. The minimum Gasteiger partial charge on any atom is -0.359 e. The maximum atomic E-state index is 5.12. The third-order valence-corrected chi connectivity index (χ3v) is 6.51. The van der Waals surface area contributed by atoms with Gasteiger partial charge in [0.15, 0.2) is 0 Å². The van der Waals surface area contributed by atoms with E-state index in [1.807, 2.05) is 6.07 Å². The molecule has 2 aliphatic rings. The minimum absolute atomic E-state index is 0.687. The molecule has 0 amide bonds. The van der Waals surface area contributed by atoms with Crippen molar-refractivity contribution in [3.05, 3.63) is 71.4 Å². The van der Waals surface area contributed by atoms with Crippen LogP contribution >= 0.6 is 0 Å². The van der Waals surface area contributed by atoms with Crippen LogP contribution in [0.5, 0.6) is 0 Å². The van der Waals surface area contributed by atoms with Gasteiger partial charge in [-0.05, 0) is 86.8 Å². The van der Waals surface area contributed by atoms with E-state index >= 15 is 0 Å². The molecule has 0 radical (unpaired) electrons. The highest BCUT2D eigenvalue weighted by Gasteiger charge is 2.22. The van der Waals surface area contributed by atoms with Crippen LogP contribution in [-0.2, 0) is 0 Å². The number of nitrogens with zero attached hydrogens (tertiary/aromatic N) is 1. The van der Waals surface area contributed by atoms with Gasteiger partial charge >= 0.3 is 0 Å². The van der Waals surface area contributed by atoms with Gasteiger partial charge in [0.1, 0.15) is 0 Å². The average Bonchev–Trinajstić information content (AvgIpc) is 3.43. The summed E-state index contributed by atoms with van der Waals surface area (Å²) in [6.07, 6.45) is 12.9. The second-order valence-corrected chi connectivity index (χ2v) is 8.85. The summed E-state index contributed by atoms with van der Waals surface area (Å²) >= 11 is 0. The first-order valence-electron chi connectivity index (χ1n) is 11.4. The monoisotopic (exact) mass is 386 g/mol. The molecule has 152 valence electrons. The van der Waals surface area contributed by atoms with Crippen molar-refractivity contribution in [2.24, 2.45) is 4.99 Å². The molecule has 1 N–H and O–H groups in total. The number of allylic oxidation sites excluding steroid dienone is 2. The van der Waals surface area contributed by atoms with Crippen LogP contribution in [0.15, 0.2) is 65.3 Å². The summed E-state index contributed by atoms with van der Waals surface area (Å²) in [4.78, 5) is 5.12. The fourth-order valence-electron chi connectivity index (χ4n) is 5.07. The number of hydrogen-bond donors (Lipinski definition) is 1. The van der Waals surface area contributed by atoms with Crippen molar-refractivity contribution < 1.29 is 0 Å². The summed E-state index contributed by atoms with van der Waals surface area (Å²) in [6, 6.07) is 17.5. The Balaban J connectivity index is 1.60. The van der Waals surface area contributed by atoms with Gasteiger partial charge in [-0.1, -0.05) is 56.0 Å². The van der Waals surface area contributed by atoms with E-state index in [9.17, 15) is 0 Å². The topological polar surface area (TPSA) is 24.4 Å². The molecular weight excluding hydrogens is 352 g/mol. The van der Waals surface area contributed by atoms with Crippen molar-refractivity contribution in [3.63, 3.8) is 0 Å². The molecule has 0 unspecified atom stereocenters. The lowest BCUT2D eigenvalue weighted by Gasteiger charge is -2.17. The van der Waals surface area contributed by atoms with Crippen LogP contribution in [0.2, 0.25) is 0 Å². The SMILES string of the molecule is C/C(=C/C(C)=N/c1cc(C2CCCC2)ccc1C1CCCC1)Nc1ccccc1. The largest absolute Gasteiger partial charge is 0.359 e. The lowest BCUT2D eigenvalue weighted by molar-refractivity contribution is 0.710. The van der Waals surface area contributed by atoms with Crippen molar-refractivity contribution in [2.75, 3.05) is 5.32 Å². The number of rotatable bonds is 6. The summed E-state index contributed by atoms with van der Waals surface area (Å²) in [5.41, 5.74) is 7.47. The average molecular weight is 387 g/mol. The van der Waals surface area contributed by atoms with Gasteiger partial charge in [0.05, 0.1) is 5.69 Å².